The third kappa shape index (κ3) is 7.79. The average Bonchev–Trinajstić information content (AvgIpc) is 3.48. The fourth-order valence-electron chi connectivity index (χ4n) is 5.49. The number of aliphatic hydroxyl groups is 1. The molecule has 1 aliphatic carbocycles. The maximum atomic E-state index is 11.8. The summed E-state index contributed by atoms with van der Waals surface area (Å²) in [6.45, 7) is 10.7. The van der Waals surface area contributed by atoms with Gasteiger partial charge in [0.05, 0.1) is 12.9 Å². The van der Waals surface area contributed by atoms with Crippen molar-refractivity contribution < 1.29 is 33.1 Å². The number of nitrogens with zero attached hydrogens (tertiary/aromatic N) is 3. The second kappa shape index (κ2) is 13.7. The number of nitrogen functional groups attached to an aromatic ring is 1. The molecule has 0 spiro atoms. The number of hydrogen-bond donors (Lipinski definition) is 4. The van der Waals surface area contributed by atoms with E-state index in [9.17, 15) is 24.2 Å². The Kier molecular flexibility index (Phi) is 10.4. The van der Waals surface area contributed by atoms with Crippen molar-refractivity contribution in [3.63, 3.8) is 0 Å². The zero-order valence-electron chi connectivity index (χ0n) is 25.5. The van der Waals surface area contributed by atoms with Crippen LogP contribution in [-0.2, 0) is 23.1 Å². The minimum absolute atomic E-state index is 0.0230. The molecule has 0 aromatic carbocycles. The highest BCUT2D eigenvalue weighted by Crippen LogP contribution is 2.52. The number of phosphoric acid groups is 1. The van der Waals surface area contributed by atoms with Crippen LogP contribution in [0.3, 0.4) is 0 Å². The molecule has 14 heteroatoms. The number of nitrogens with two attached hydrogens (primary N) is 1. The number of ether oxygens (including phenoxy) is 1. The van der Waals surface area contributed by atoms with Crippen LogP contribution in [0.15, 0.2) is 69.9 Å². The van der Waals surface area contributed by atoms with Crippen LogP contribution in [0.25, 0.3) is 11.2 Å². The lowest BCUT2D eigenvalue weighted by Gasteiger charge is -2.32. The van der Waals surface area contributed by atoms with Crippen molar-refractivity contribution in [2.24, 2.45) is 5.41 Å². The van der Waals surface area contributed by atoms with Gasteiger partial charge in [-0.3, -0.25) is 28.2 Å². The molecule has 3 aliphatic rings. The van der Waals surface area contributed by atoms with Crippen LogP contribution in [0.5, 0.6) is 0 Å². The number of fused-ring (bicyclic) bond motifs is 2. The van der Waals surface area contributed by atoms with E-state index in [0.29, 0.717) is 0 Å². The standard InChI is InChI=1S/C20H28O.C10H12N5O7P/c1-16(8-6-9-17(2)13-15-21)11-12-19-18(3)10-7-14-20(19,4)5;11-10-13-7-4(8(17)14-10)12-2-15(7)9-5(16)6-3(21-9)1-20-23(18,19)22-6/h6,8-9,11-13,15H,7,10,14H2,1-5H3;2-3,5-6,9,16H,1H2,(H,18,19)(H3,11,13,14,17)/b9-6+,12-11+,16-8+,17-13+;/t;3-,5-,6-,9-/m.1/s1. The number of imidazole rings is 1. The summed E-state index contributed by atoms with van der Waals surface area (Å²) in [5.74, 6) is -0.117. The normalized spacial score (nSPS) is 29.2. The largest absolute Gasteiger partial charge is 0.472 e. The molecule has 1 unspecified atom stereocenters. The Morgan fingerprint density at radius 2 is 1.98 bits per heavy atom. The number of aldehydes is 1. The van der Waals surface area contributed by atoms with E-state index >= 15 is 0 Å². The van der Waals surface area contributed by atoms with Crippen molar-refractivity contribution in [1.82, 2.24) is 19.5 Å². The fourth-order valence-corrected chi connectivity index (χ4v) is 6.45. The summed E-state index contributed by atoms with van der Waals surface area (Å²) in [7, 11) is -4.22. The van der Waals surface area contributed by atoms with E-state index in [1.807, 2.05) is 19.1 Å². The number of carbonyl (C=O) groups is 1. The smallest absolute Gasteiger partial charge is 0.386 e. The zero-order valence-corrected chi connectivity index (χ0v) is 26.4. The van der Waals surface area contributed by atoms with Crippen LogP contribution >= 0.6 is 7.82 Å². The maximum absolute atomic E-state index is 11.8. The topological polar surface area (TPSA) is 192 Å². The quantitative estimate of drug-likeness (QED) is 0.155. The van der Waals surface area contributed by atoms with Gasteiger partial charge in [-0.05, 0) is 62.7 Å². The number of anilines is 1. The lowest BCUT2D eigenvalue weighted by molar-refractivity contribution is -0.104. The summed E-state index contributed by atoms with van der Waals surface area (Å²) < 4.78 is 27.9. The van der Waals surface area contributed by atoms with Gasteiger partial charge in [0.15, 0.2) is 17.4 Å². The van der Waals surface area contributed by atoms with E-state index in [1.165, 1.54) is 46.9 Å². The molecule has 0 saturated carbocycles. The van der Waals surface area contributed by atoms with Gasteiger partial charge < -0.3 is 20.5 Å². The van der Waals surface area contributed by atoms with Crippen molar-refractivity contribution >= 4 is 31.2 Å². The number of aromatic nitrogens is 4. The van der Waals surface area contributed by atoms with Gasteiger partial charge in [0, 0.05) is 0 Å². The van der Waals surface area contributed by atoms with Gasteiger partial charge in [0.1, 0.15) is 24.6 Å². The molecule has 5 rings (SSSR count). The molecular weight excluding hydrogens is 589 g/mol. The van der Waals surface area contributed by atoms with E-state index in [-0.39, 0.29) is 29.1 Å². The molecule has 0 radical (unpaired) electrons. The van der Waals surface area contributed by atoms with Crippen LogP contribution in [-0.4, -0.2) is 60.7 Å². The molecule has 4 heterocycles. The van der Waals surface area contributed by atoms with E-state index < -0.39 is 37.9 Å². The SMILES string of the molecule is CC1=C(/C=C/C(C)=C/C=C/C(C)=C/C=O)C(C)(C)CCC1.Nc1nc2c(ncn2[C@@H]2O[C@@H]3COP(=O)(O)O[C@H]3[C@H]2O)c(=O)[nH]1. The lowest BCUT2D eigenvalue weighted by atomic mass is 9.72. The molecule has 2 saturated heterocycles. The molecule has 2 aromatic rings. The highest BCUT2D eigenvalue weighted by Gasteiger charge is 2.52. The lowest BCUT2D eigenvalue weighted by Crippen LogP contribution is -2.39. The van der Waals surface area contributed by atoms with Gasteiger partial charge in [0.2, 0.25) is 5.95 Å². The minimum atomic E-state index is -4.22. The number of aliphatic hydroxyl groups excluding tert-OH is 1. The molecule has 238 valence electrons. The third-order valence-corrected chi connectivity index (χ3v) is 8.78. The van der Waals surface area contributed by atoms with Crippen LogP contribution < -0.4 is 11.3 Å². The van der Waals surface area contributed by atoms with Crippen molar-refractivity contribution in [2.75, 3.05) is 12.3 Å². The number of hydrogen-bond acceptors (Lipinski definition) is 10. The highest BCUT2D eigenvalue weighted by atomic mass is 31.2. The number of phosphoric ester groups is 1. The van der Waals surface area contributed by atoms with Crippen molar-refractivity contribution in [2.45, 2.75) is 78.4 Å². The Labute approximate surface area is 255 Å². The zero-order chi connectivity index (χ0) is 32.2. The molecule has 5 N–H and O–H groups in total. The van der Waals surface area contributed by atoms with Crippen LogP contribution in [0.1, 0.15) is 60.1 Å². The monoisotopic (exact) mass is 629 g/mol. The summed E-state index contributed by atoms with van der Waals surface area (Å²) >= 11 is 0. The van der Waals surface area contributed by atoms with Crippen LogP contribution in [0, 0.1) is 5.41 Å². The van der Waals surface area contributed by atoms with E-state index in [1.54, 1.807) is 6.08 Å². The van der Waals surface area contributed by atoms with Gasteiger partial charge in [-0.2, -0.15) is 4.98 Å². The molecule has 0 bridgehead atoms. The number of H-pyrrole nitrogens is 1. The number of nitrogens with one attached hydrogen (secondary N) is 1. The van der Waals surface area contributed by atoms with E-state index in [2.05, 4.69) is 65.4 Å². The summed E-state index contributed by atoms with van der Waals surface area (Å²) in [4.78, 5) is 41.7. The molecule has 5 atom stereocenters. The summed E-state index contributed by atoms with van der Waals surface area (Å²) in [6.07, 6.45) is 13.8. The molecule has 2 aliphatic heterocycles. The fraction of sp³-hybridized carbons (Fsp3) is 0.467. The Morgan fingerprint density at radius 3 is 2.68 bits per heavy atom. The van der Waals surface area contributed by atoms with E-state index in [0.717, 1.165) is 11.9 Å². The van der Waals surface area contributed by atoms with Crippen LogP contribution in [0.2, 0.25) is 0 Å². The Morgan fingerprint density at radius 1 is 1.25 bits per heavy atom. The van der Waals surface area contributed by atoms with Crippen molar-refractivity contribution in [3.05, 3.63) is 75.4 Å². The van der Waals surface area contributed by atoms with Gasteiger partial charge in [-0.15, -0.1) is 0 Å². The molecule has 13 nitrogen and oxygen atoms in total. The van der Waals surface area contributed by atoms with Gasteiger partial charge in [0.25, 0.3) is 5.56 Å². The van der Waals surface area contributed by atoms with Gasteiger partial charge in [-0.1, -0.05) is 55.4 Å². The predicted octanol–water partition coefficient (Wildman–Crippen LogP) is 4.19. The first-order chi connectivity index (χ1) is 20.7. The number of rotatable bonds is 6. The second-order valence-corrected chi connectivity index (χ2v) is 13.2. The molecule has 44 heavy (non-hydrogen) atoms. The third-order valence-electron chi connectivity index (χ3n) is 7.80. The Balaban J connectivity index is 0.000000202. The van der Waals surface area contributed by atoms with Gasteiger partial charge >= 0.3 is 7.82 Å². The first kappa shape index (κ1) is 33.4. The van der Waals surface area contributed by atoms with Crippen LogP contribution in [0.4, 0.5) is 5.95 Å². The van der Waals surface area contributed by atoms with E-state index in [4.69, 9.17) is 15.0 Å². The molecule has 0 amide bonds. The second-order valence-electron chi connectivity index (χ2n) is 11.7. The van der Waals surface area contributed by atoms with Crippen molar-refractivity contribution in [1.29, 1.82) is 0 Å². The number of carbonyl (C=O) groups excluding carboxylic acids is 1. The number of allylic oxidation sites excluding steroid dienone is 10. The first-order valence-electron chi connectivity index (χ1n) is 14.3. The Bertz CT molecular complexity index is 1650. The van der Waals surface area contributed by atoms with Crippen molar-refractivity contribution in [3.8, 4) is 0 Å². The molecule has 2 fully saturated rings. The van der Waals surface area contributed by atoms with Gasteiger partial charge in [-0.25, -0.2) is 9.55 Å². The first-order valence-corrected chi connectivity index (χ1v) is 15.8. The minimum Gasteiger partial charge on any atom is -0.386 e. The molecule has 2 aromatic heterocycles. The predicted molar refractivity (Wildman–Crippen MR) is 165 cm³/mol. The molecular formula is C30H40N5O8P. The number of aromatic amines is 1. The highest BCUT2D eigenvalue weighted by molar-refractivity contribution is 7.47. The Hall–Kier alpha value is -3.45. The summed E-state index contributed by atoms with van der Waals surface area (Å²) in [5.41, 5.74) is 10.6. The summed E-state index contributed by atoms with van der Waals surface area (Å²) in [5, 5.41) is 10.4. The summed E-state index contributed by atoms with van der Waals surface area (Å²) in [6, 6.07) is 0. The maximum Gasteiger partial charge on any atom is 0.472 e. The average molecular weight is 630 g/mol.